The van der Waals surface area contributed by atoms with Gasteiger partial charge in [-0.25, -0.2) is 28.1 Å². The summed E-state index contributed by atoms with van der Waals surface area (Å²) < 4.78 is 31.1. The second-order valence-corrected chi connectivity index (χ2v) is 12.4. The lowest BCUT2D eigenvalue weighted by atomic mass is 9.89. The molecule has 208 valence electrons. The Balaban J connectivity index is 1.45. The highest BCUT2D eigenvalue weighted by atomic mass is 32.2. The summed E-state index contributed by atoms with van der Waals surface area (Å²) in [4.78, 5) is 16.0. The van der Waals surface area contributed by atoms with E-state index >= 15 is 0 Å². The van der Waals surface area contributed by atoms with Crippen LogP contribution in [0.15, 0.2) is 62.1 Å². The third kappa shape index (κ3) is 5.42. The van der Waals surface area contributed by atoms with Crippen molar-refractivity contribution < 1.29 is 13.2 Å². The SMILES string of the molecule is C=CCOc1c(-c2nccc(Nc3cc4c(C(=C)C)ccc(N5C[C@H](CS(C)(=O)=O)[C@H]5C)c4cn3)n2)cnn1C. The Morgan fingerprint density at radius 2 is 2.00 bits per heavy atom. The molecule has 0 spiro atoms. The first-order valence-corrected chi connectivity index (χ1v) is 15.0. The standard InChI is InChI=1S/C29H33N7O3S/c1-7-12-39-29-24(15-32-35(29)5)28-30-11-10-26(34-28)33-27-13-22-21(18(2)3)8-9-25(23(22)14-31-27)36-16-20(19(36)4)17-40(6,37)38/h7-11,13-15,19-20H,1-2,12,16-17H2,3-6H3,(H,30,31,33,34)/t19-,20-/m1/s1. The van der Waals surface area contributed by atoms with Gasteiger partial charge in [-0.05, 0) is 43.0 Å². The molecule has 5 rings (SSSR count). The molecule has 0 aliphatic carbocycles. The zero-order chi connectivity index (χ0) is 28.6. The highest BCUT2D eigenvalue weighted by Crippen LogP contribution is 2.39. The van der Waals surface area contributed by atoms with Gasteiger partial charge in [0.2, 0.25) is 5.88 Å². The molecule has 3 aromatic heterocycles. The Labute approximate surface area is 234 Å². The molecule has 0 saturated carbocycles. The first-order valence-electron chi connectivity index (χ1n) is 12.9. The van der Waals surface area contributed by atoms with Crippen LogP contribution in [0.2, 0.25) is 0 Å². The quantitative estimate of drug-likeness (QED) is 0.278. The van der Waals surface area contributed by atoms with E-state index in [0.717, 1.165) is 27.6 Å². The average Bonchev–Trinajstić information content (AvgIpc) is 3.28. The van der Waals surface area contributed by atoms with Gasteiger partial charge < -0.3 is 15.0 Å². The summed E-state index contributed by atoms with van der Waals surface area (Å²) in [5, 5.41) is 9.57. The monoisotopic (exact) mass is 559 g/mol. The summed E-state index contributed by atoms with van der Waals surface area (Å²) in [6.07, 6.45) is 8.16. The fourth-order valence-corrected chi connectivity index (χ4v) is 6.24. The Hall–Kier alpha value is -4.25. The molecular weight excluding hydrogens is 526 g/mol. The van der Waals surface area contributed by atoms with Crippen molar-refractivity contribution in [1.82, 2.24) is 24.7 Å². The van der Waals surface area contributed by atoms with E-state index in [1.54, 1.807) is 36.3 Å². The van der Waals surface area contributed by atoms with Gasteiger partial charge in [-0.3, -0.25) is 0 Å². The Bertz CT molecular complexity index is 1710. The minimum absolute atomic E-state index is 0.106. The highest BCUT2D eigenvalue weighted by Gasteiger charge is 2.38. The predicted octanol–water partition coefficient (Wildman–Crippen LogP) is 4.64. The number of aromatic nitrogens is 5. The molecule has 2 atom stereocenters. The van der Waals surface area contributed by atoms with E-state index < -0.39 is 9.84 Å². The van der Waals surface area contributed by atoms with E-state index in [9.17, 15) is 8.42 Å². The molecular formula is C29H33N7O3S. The van der Waals surface area contributed by atoms with E-state index in [0.29, 0.717) is 42.1 Å². The van der Waals surface area contributed by atoms with Crippen molar-refractivity contribution in [2.75, 3.05) is 35.4 Å². The van der Waals surface area contributed by atoms with Gasteiger partial charge in [-0.2, -0.15) is 5.10 Å². The first-order chi connectivity index (χ1) is 19.1. The van der Waals surface area contributed by atoms with Gasteiger partial charge in [0.25, 0.3) is 0 Å². The minimum atomic E-state index is -3.03. The number of hydrogen-bond acceptors (Lipinski definition) is 9. The lowest BCUT2D eigenvalue weighted by Crippen LogP contribution is -2.57. The van der Waals surface area contributed by atoms with E-state index in [1.807, 2.05) is 19.2 Å². The summed E-state index contributed by atoms with van der Waals surface area (Å²) in [6.45, 7) is 13.0. The van der Waals surface area contributed by atoms with Crippen LogP contribution in [0.4, 0.5) is 17.3 Å². The second-order valence-electron chi connectivity index (χ2n) is 10.3. The zero-order valence-electron chi connectivity index (χ0n) is 23.1. The van der Waals surface area contributed by atoms with Crippen molar-refractivity contribution >= 4 is 43.5 Å². The van der Waals surface area contributed by atoms with E-state index in [-0.39, 0.29) is 17.7 Å². The summed E-state index contributed by atoms with van der Waals surface area (Å²) in [6, 6.07) is 8.02. The molecule has 1 aliphatic heterocycles. The van der Waals surface area contributed by atoms with E-state index in [2.05, 4.69) is 57.5 Å². The van der Waals surface area contributed by atoms with Gasteiger partial charge in [0.05, 0.1) is 11.9 Å². The Morgan fingerprint density at radius 1 is 1.20 bits per heavy atom. The van der Waals surface area contributed by atoms with Crippen molar-refractivity contribution in [2.24, 2.45) is 13.0 Å². The molecule has 0 radical (unpaired) electrons. The smallest absolute Gasteiger partial charge is 0.223 e. The van der Waals surface area contributed by atoms with Crippen LogP contribution in [0.3, 0.4) is 0 Å². The molecule has 1 aromatic carbocycles. The number of hydrogen-bond donors (Lipinski definition) is 1. The molecule has 1 fully saturated rings. The highest BCUT2D eigenvalue weighted by molar-refractivity contribution is 7.90. The predicted molar refractivity (Wildman–Crippen MR) is 160 cm³/mol. The summed E-state index contributed by atoms with van der Waals surface area (Å²) in [5.41, 5.74) is 3.66. The van der Waals surface area contributed by atoms with Gasteiger partial charge in [0, 0.05) is 55.3 Å². The number of anilines is 3. The molecule has 1 N–H and O–H groups in total. The second kappa shape index (κ2) is 10.7. The lowest BCUT2D eigenvalue weighted by Gasteiger charge is -2.48. The third-order valence-electron chi connectivity index (χ3n) is 7.14. The molecule has 40 heavy (non-hydrogen) atoms. The summed E-state index contributed by atoms with van der Waals surface area (Å²) >= 11 is 0. The molecule has 4 heterocycles. The van der Waals surface area contributed by atoms with Gasteiger partial charge in [0.1, 0.15) is 33.6 Å². The van der Waals surface area contributed by atoms with Crippen LogP contribution in [-0.4, -0.2) is 64.4 Å². The van der Waals surface area contributed by atoms with Crippen LogP contribution in [-0.2, 0) is 16.9 Å². The van der Waals surface area contributed by atoms with E-state index in [4.69, 9.17) is 9.72 Å². The molecule has 1 saturated heterocycles. The van der Waals surface area contributed by atoms with Crippen LogP contribution in [0.25, 0.3) is 27.7 Å². The molecule has 0 unspecified atom stereocenters. The fourth-order valence-electron chi connectivity index (χ4n) is 5.08. The zero-order valence-corrected chi connectivity index (χ0v) is 23.9. The van der Waals surface area contributed by atoms with Crippen molar-refractivity contribution in [3.63, 3.8) is 0 Å². The molecule has 0 bridgehead atoms. The minimum Gasteiger partial charge on any atom is -0.473 e. The summed E-state index contributed by atoms with van der Waals surface area (Å²) in [5.74, 6) is 2.52. The number of sulfone groups is 1. The fraction of sp³-hybridized carbons (Fsp3) is 0.310. The maximum Gasteiger partial charge on any atom is 0.223 e. The van der Waals surface area contributed by atoms with Gasteiger partial charge in [-0.15, -0.1) is 0 Å². The number of fused-ring (bicyclic) bond motifs is 1. The number of benzene rings is 1. The number of allylic oxidation sites excluding steroid dienone is 1. The molecule has 0 amide bonds. The Morgan fingerprint density at radius 3 is 2.70 bits per heavy atom. The number of rotatable bonds is 10. The van der Waals surface area contributed by atoms with Crippen molar-refractivity contribution in [3.8, 4) is 17.3 Å². The molecule has 4 aromatic rings. The van der Waals surface area contributed by atoms with E-state index in [1.165, 1.54) is 6.26 Å². The number of nitrogens with one attached hydrogen (secondary N) is 1. The van der Waals surface area contributed by atoms with Crippen molar-refractivity contribution in [2.45, 2.75) is 19.9 Å². The topological polar surface area (TPSA) is 115 Å². The van der Waals surface area contributed by atoms with Crippen molar-refractivity contribution in [3.05, 3.63) is 67.7 Å². The van der Waals surface area contributed by atoms with Gasteiger partial charge in [0.15, 0.2) is 5.82 Å². The molecule has 11 heteroatoms. The molecule has 10 nitrogen and oxygen atoms in total. The van der Waals surface area contributed by atoms with Gasteiger partial charge in [-0.1, -0.05) is 30.9 Å². The van der Waals surface area contributed by atoms with Gasteiger partial charge >= 0.3 is 0 Å². The largest absolute Gasteiger partial charge is 0.473 e. The number of pyridine rings is 1. The normalized spacial score (nSPS) is 16.9. The van der Waals surface area contributed by atoms with Crippen LogP contribution in [0.1, 0.15) is 19.4 Å². The third-order valence-corrected chi connectivity index (χ3v) is 8.18. The van der Waals surface area contributed by atoms with Crippen molar-refractivity contribution in [1.29, 1.82) is 0 Å². The van der Waals surface area contributed by atoms with Crippen LogP contribution in [0, 0.1) is 5.92 Å². The average molecular weight is 560 g/mol. The van der Waals surface area contributed by atoms with Crippen LogP contribution < -0.4 is 15.0 Å². The molecule has 1 aliphatic rings. The maximum atomic E-state index is 11.8. The first kappa shape index (κ1) is 27.3. The van der Waals surface area contributed by atoms with Crippen LogP contribution in [0.5, 0.6) is 5.88 Å². The van der Waals surface area contributed by atoms with Crippen LogP contribution >= 0.6 is 0 Å². The maximum absolute atomic E-state index is 11.8. The number of nitrogens with zero attached hydrogens (tertiary/aromatic N) is 6. The number of aryl methyl sites for hydroxylation is 1. The number of ether oxygens (including phenoxy) is 1. The Kier molecular flexibility index (Phi) is 7.33. The summed E-state index contributed by atoms with van der Waals surface area (Å²) in [7, 11) is -1.23. The lowest BCUT2D eigenvalue weighted by molar-refractivity contribution is 0.330.